The first-order valence-corrected chi connectivity index (χ1v) is 6.40. The largest absolute Gasteiger partial charge is 0.444 e. The van der Waals surface area contributed by atoms with E-state index < -0.39 is 16.6 Å². The van der Waals surface area contributed by atoms with E-state index in [0.29, 0.717) is 6.42 Å². The summed E-state index contributed by atoms with van der Waals surface area (Å²) in [7, 11) is 0. The average Bonchev–Trinajstić information content (AvgIpc) is 2.26. The Morgan fingerprint density at radius 2 is 1.90 bits per heavy atom. The molecule has 1 N–H and O–H groups in total. The van der Waals surface area contributed by atoms with Crippen LogP contribution in [0.5, 0.6) is 0 Å². The molecular formula is C14H20N2O4. The minimum Gasteiger partial charge on any atom is -0.444 e. The number of alkyl carbamates (subject to hydrolysis) is 1. The number of rotatable bonds is 4. The van der Waals surface area contributed by atoms with Crippen molar-refractivity contribution in [2.75, 3.05) is 0 Å². The van der Waals surface area contributed by atoms with Gasteiger partial charge in [0.25, 0.3) is 5.69 Å². The van der Waals surface area contributed by atoms with E-state index in [4.69, 9.17) is 4.74 Å². The molecule has 0 aromatic heterocycles. The predicted molar refractivity (Wildman–Crippen MR) is 75.6 cm³/mol. The van der Waals surface area contributed by atoms with Gasteiger partial charge in [-0.3, -0.25) is 10.1 Å². The summed E-state index contributed by atoms with van der Waals surface area (Å²) >= 11 is 0. The van der Waals surface area contributed by atoms with Gasteiger partial charge in [-0.25, -0.2) is 4.79 Å². The highest BCUT2D eigenvalue weighted by molar-refractivity contribution is 5.68. The second-order valence-electron chi connectivity index (χ2n) is 5.67. The molecule has 110 valence electrons. The third-order valence-electron chi connectivity index (χ3n) is 2.45. The van der Waals surface area contributed by atoms with Crippen LogP contribution in [-0.2, 0) is 11.2 Å². The summed E-state index contributed by atoms with van der Waals surface area (Å²) in [5, 5.41) is 13.3. The normalized spacial score (nSPS) is 12.6. The van der Waals surface area contributed by atoms with Gasteiger partial charge in [0.15, 0.2) is 0 Å². The van der Waals surface area contributed by atoms with E-state index in [1.807, 2.05) is 6.92 Å². The number of nitro benzene ring substituents is 1. The second-order valence-corrected chi connectivity index (χ2v) is 5.67. The van der Waals surface area contributed by atoms with Gasteiger partial charge >= 0.3 is 6.09 Å². The van der Waals surface area contributed by atoms with Gasteiger partial charge in [-0.1, -0.05) is 12.1 Å². The summed E-state index contributed by atoms with van der Waals surface area (Å²) in [6.07, 6.45) is 0.115. The Morgan fingerprint density at radius 3 is 2.35 bits per heavy atom. The molecule has 0 bridgehead atoms. The first-order chi connectivity index (χ1) is 9.17. The van der Waals surface area contributed by atoms with Crippen LogP contribution in [0.2, 0.25) is 0 Å². The summed E-state index contributed by atoms with van der Waals surface area (Å²) in [5.41, 5.74) is 0.442. The van der Waals surface area contributed by atoms with Crippen LogP contribution in [0.3, 0.4) is 0 Å². The van der Waals surface area contributed by atoms with Crippen LogP contribution in [0.1, 0.15) is 33.3 Å². The zero-order valence-corrected chi connectivity index (χ0v) is 12.2. The van der Waals surface area contributed by atoms with Gasteiger partial charge < -0.3 is 10.1 Å². The van der Waals surface area contributed by atoms with Gasteiger partial charge in [-0.2, -0.15) is 0 Å². The van der Waals surface area contributed by atoms with Crippen molar-refractivity contribution >= 4 is 11.8 Å². The van der Waals surface area contributed by atoms with Crippen molar-refractivity contribution in [2.24, 2.45) is 0 Å². The van der Waals surface area contributed by atoms with Crippen LogP contribution in [0.25, 0.3) is 0 Å². The van der Waals surface area contributed by atoms with Gasteiger partial charge in [0.05, 0.1) is 4.92 Å². The number of benzene rings is 1. The highest BCUT2D eigenvalue weighted by Crippen LogP contribution is 2.13. The third kappa shape index (κ3) is 5.69. The van der Waals surface area contributed by atoms with E-state index >= 15 is 0 Å². The number of hydrogen-bond donors (Lipinski definition) is 1. The van der Waals surface area contributed by atoms with Crippen LogP contribution >= 0.6 is 0 Å². The van der Waals surface area contributed by atoms with E-state index in [0.717, 1.165) is 5.56 Å². The van der Waals surface area contributed by atoms with E-state index in [9.17, 15) is 14.9 Å². The lowest BCUT2D eigenvalue weighted by Gasteiger charge is -2.22. The summed E-state index contributed by atoms with van der Waals surface area (Å²) in [6, 6.07) is 6.16. The highest BCUT2D eigenvalue weighted by atomic mass is 16.6. The van der Waals surface area contributed by atoms with E-state index in [-0.39, 0.29) is 11.7 Å². The number of carbonyl (C=O) groups is 1. The van der Waals surface area contributed by atoms with E-state index in [1.165, 1.54) is 12.1 Å². The number of nitrogens with one attached hydrogen (secondary N) is 1. The zero-order chi connectivity index (χ0) is 15.3. The molecule has 20 heavy (non-hydrogen) atoms. The Balaban J connectivity index is 2.52. The molecule has 1 aromatic carbocycles. The molecule has 0 fully saturated rings. The fourth-order valence-corrected chi connectivity index (χ4v) is 1.67. The van der Waals surface area contributed by atoms with Gasteiger partial charge in [-0.15, -0.1) is 0 Å². The molecule has 0 spiro atoms. The maximum Gasteiger partial charge on any atom is 0.407 e. The zero-order valence-electron chi connectivity index (χ0n) is 12.2. The monoisotopic (exact) mass is 280 g/mol. The van der Waals surface area contributed by atoms with Crippen molar-refractivity contribution < 1.29 is 14.5 Å². The fraction of sp³-hybridized carbons (Fsp3) is 0.500. The summed E-state index contributed by atoms with van der Waals surface area (Å²) < 4.78 is 5.16. The molecule has 1 unspecified atom stereocenters. The molecule has 0 aliphatic carbocycles. The Labute approximate surface area is 118 Å². The first-order valence-electron chi connectivity index (χ1n) is 6.40. The summed E-state index contributed by atoms with van der Waals surface area (Å²) in [5.74, 6) is 0. The number of ether oxygens (including phenoxy) is 1. The molecule has 0 saturated carbocycles. The van der Waals surface area contributed by atoms with Crippen LogP contribution in [0.4, 0.5) is 10.5 Å². The summed E-state index contributed by atoms with van der Waals surface area (Å²) in [4.78, 5) is 21.7. The molecule has 0 saturated heterocycles. The molecule has 1 aromatic rings. The third-order valence-corrected chi connectivity index (χ3v) is 2.45. The topological polar surface area (TPSA) is 81.5 Å². The predicted octanol–water partition coefficient (Wildman–Crippen LogP) is 3.05. The van der Waals surface area contributed by atoms with Crippen molar-refractivity contribution in [2.45, 2.75) is 45.8 Å². The lowest BCUT2D eigenvalue weighted by atomic mass is 10.1. The fourth-order valence-electron chi connectivity index (χ4n) is 1.67. The van der Waals surface area contributed by atoms with E-state index in [1.54, 1.807) is 32.9 Å². The maximum absolute atomic E-state index is 11.6. The number of amides is 1. The lowest BCUT2D eigenvalue weighted by Crippen LogP contribution is -2.38. The van der Waals surface area contributed by atoms with Crippen molar-refractivity contribution in [3.8, 4) is 0 Å². The van der Waals surface area contributed by atoms with Gasteiger partial charge in [0, 0.05) is 18.2 Å². The van der Waals surface area contributed by atoms with Gasteiger partial charge in [0.1, 0.15) is 5.60 Å². The van der Waals surface area contributed by atoms with Crippen molar-refractivity contribution in [1.82, 2.24) is 5.32 Å². The summed E-state index contributed by atoms with van der Waals surface area (Å²) in [6.45, 7) is 7.25. The molecule has 0 aliphatic heterocycles. The number of carbonyl (C=O) groups excluding carboxylic acids is 1. The van der Waals surface area contributed by atoms with Crippen LogP contribution in [-0.4, -0.2) is 22.7 Å². The molecular weight excluding hydrogens is 260 g/mol. The Bertz CT molecular complexity index is 477. The first kappa shape index (κ1) is 15.9. The van der Waals surface area contributed by atoms with Crippen molar-refractivity contribution in [1.29, 1.82) is 0 Å². The number of nitrogens with zero attached hydrogens (tertiary/aromatic N) is 1. The second kappa shape index (κ2) is 6.36. The smallest absolute Gasteiger partial charge is 0.407 e. The molecule has 0 heterocycles. The Morgan fingerprint density at radius 1 is 1.35 bits per heavy atom. The van der Waals surface area contributed by atoms with Crippen LogP contribution in [0.15, 0.2) is 24.3 Å². The molecule has 1 atom stereocenters. The molecule has 1 amide bonds. The van der Waals surface area contributed by atoms with Gasteiger partial charge in [-0.05, 0) is 39.7 Å². The minimum absolute atomic E-state index is 0.0569. The average molecular weight is 280 g/mol. The number of hydrogen-bond acceptors (Lipinski definition) is 4. The van der Waals surface area contributed by atoms with Crippen LogP contribution in [0, 0.1) is 10.1 Å². The minimum atomic E-state index is -0.531. The van der Waals surface area contributed by atoms with Gasteiger partial charge in [0.2, 0.25) is 0 Å². The molecule has 6 nitrogen and oxygen atoms in total. The van der Waals surface area contributed by atoms with Crippen molar-refractivity contribution in [3.63, 3.8) is 0 Å². The highest BCUT2D eigenvalue weighted by Gasteiger charge is 2.17. The van der Waals surface area contributed by atoms with Crippen molar-refractivity contribution in [3.05, 3.63) is 39.9 Å². The lowest BCUT2D eigenvalue weighted by molar-refractivity contribution is -0.384. The SMILES string of the molecule is CC(Cc1ccc([N+](=O)[O-])cc1)NC(=O)OC(C)(C)C. The van der Waals surface area contributed by atoms with E-state index in [2.05, 4.69) is 5.32 Å². The quantitative estimate of drug-likeness (QED) is 0.679. The molecule has 0 aliphatic rings. The molecule has 6 heteroatoms. The Kier molecular flexibility index (Phi) is 5.07. The number of non-ortho nitro benzene ring substituents is 1. The Hall–Kier alpha value is -2.11. The molecule has 1 rings (SSSR count). The van der Waals surface area contributed by atoms with Crippen LogP contribution < -0.4 is 5.32 Å². The maximum atomic E-state index is 11.6. The number of nitro groups is 1. The standard InChI is InChI=1S/C14H20N2O4/c1-10(15-13(17)20-14(2,3)4)9-11-5-7-12(8-6-11)16(18)19/h5-8,10H,9H2,1-4H3,(H,15,17). The molecule has 0 radical (unpaired) electrons.